The van der Waals surface area contributed by atoms with Gasteiger partial charge < -0.3 is 4.57 Å². The quantitative estimate of drug-likeness (QED) is 0.533. The predicted molar refractivity (Wildman–Crippen MR) is 110 cm³/mol. The molecule has 7 nitrogen and oxygen atoms in total. The van der Waals surface area contributed by atoms with E-state index in [4.69, 9.17) is 0 Å². The van der Waals surface area contributed by atoms with E-state index >= 15 is 0 Å². The number of aryl methyl sites for hydroxylation is 2. The Hall–Kier alpha value is -3.13. The number of fused-ring (bicyclic) bond motifs is 2. The molecule has 4 heterocycles. The highest BCUT2D eigenvalue weighted by Gasteiger charge is 2.15. The van der Waals surface area contributed by atoms with Crippen molar-refractivity contribution in [3.05, 3.63) is 60.5 Å². The summed E-state index contributed by atoms with van der Waals surface area (Å²) in [4.78, 5) is 5.57. The second-order valence-electron chi connectivity index (χ2n) is 6.63. The lowest BCUT2D eigenvalue weighted by molar-refractivity contribution is 0.720. The monoisotopic (exact) mass is 389 g/mol. The largest absolute Gasteiger partial charge is 0.331 e. The summed E-state index contributed by atoms with van der Waals surface area (Å²) in [5, 5.41) is 13.9. The summed E-state index contributed by atoms with van der Waals surface area (Å²) in [6.45, 7) is 3.74. The molecule has 0 aliphatic carbocycles. The van der Waals surface area contributed by atoms with Crippen LogP contribution in [-0.2, 0) is 20.1 Å². The number of allylic oxidation sites excluding steroid dienone is 3. The van der Waals surface area contributed by atoms with Crippen LogP contribution < -0.4 is 0 Å². The van der Waals surface area contributed by atoms with Crippen molar-refractivity contribution >= 4 is 34.4 Å². The van der Waals surface area contributed by atoms with E-state index in [1.807, 2.05) is 36.5 Å². The van der Waals surface area contributed by atoms with E-state index in [-0.39, 0.29) is 0 Å². The number of hydrogen-bond donors (Lipinski definition) is 0. The molecular formula is C20H19N7S. The molecule has 1 aliphatic heterocycles. The fraction of sp³-hybridized carbons (Fsp3) is 0.200. The molecule has 0 radical (unpaired) electrons. The zero-order chi connectivity index (χ0) is 19.1. The molecule has 4 aromatic rings. The summed E-state index contributed by atoms with van der Waals surface area (Å²) in [6.07, 6.45) is 12.1. The number of imidazole rings is 1. The van der Waals surface area contributed by atoms with Crippen LogP contribution in [0.15, 0.2) is 59.1 Å². The molecular weight excluding hydrogens is 370 g/mol. The van der Waals surface area contributed by atoms with E-state index in [0.717, 1.165) is 51.1 Å². The van der Waals surface area contributed by atoms with Crippen molar-refractivity contribution in [1.29, 1.82) is 0 Å². The third-order valence-corrected chi connectivity index (χ3v) is 5.81. The van der Waals surface area contributed by atoms with Crippen molar-refractivity contribution in [3.63, 3.8) is 0 Å². The van der Waals surface area contributed by atoms with Crippen molar-refractivity contribution in [2.45, 2.75) is 30.1 Å². The lowest BCUT2D eigenvalue weighted by Gasteiger charge is -2.06. The molecule has 0 unspecified atom stereocenters. The number of benzene rings is 1. The van der Waals surface area contributed by atoms with Gasteiger partial charge in [-0.3, -0.25) is 9.25 Å². The molecule has 0 spiro atoms. The number of aromatic nitrogens is 7. The lowest BCUT2D eigenvalue weighted by atomic mass is 10.1. The minimum atomic E-state index is 0.719. The van der Waals surface area contributed by atoms with Crippen LogP contribution in [0.2, 0.25) is 0 Å². The fourth-order valence-electron chi connectivity index (χ4n) is 3.33. The van der Waals surface area contributed by atoms with Crippen LogP contribution in [0.5, 0.6) is 0 Å². The van der Waals surface area contributed by atoms with Gasteiger partial charge in [0.15, 0.2) is 11.0 Å². The Morgan fingerprint density at radius 2 is 2.11 bits per heavy atom. The Balaban J connectivity index is 1.45. The first-order chi connectivity index (χ1) is 13.7. The SMILES string of the molecule is CCn1cnc2ccc(Sc3nnc4n3CC=C(c3cnn(C)c3)C=C4)cc21. The minimum Gasteiger partial charge on any atom is -0.331 e. The molecule has 0 saturated carbocycles. The zero-order valence-electron chi connectivity index (χ0n) is 15.6. The van der Waals surface area contributed by atoms with Gasteiger partial charge in [0.05, 0.1) is 23.6 Å². The van der Waals surface area contributed by atoms with E-state index in [1.54, 1.807) is 11.8 Å². The van der Waals surface area contributed by atoms with Gasteiger partial charge in [-0.15, -0.1) is 10.2 Å². The molecule has 0 saturated heterocycles. The van der Waals surface area contributed by atoms with E-state index in [2.05, 4.69) is 66.7 Å². The summed E-state index contributed by atoms with van der Waals surface area (Å²) < 4.78 is 6.09. The third kappa shape index (κ3) is 2.95. The molecule has 0 fully saturated rings. The topological polar surface area (TPSA) is 66.3 Å². The first kappa shape index (κ1) is 17.0. The van der Waals surface area contributed by atoms with Gasteiger partial charge in [-0.1, -0.05) is 12.2 Å². The van der Waals surface area contributed by atoms with Crippen LogP contribution >= 0.6 is 11.8 Å². The van der Waals surface area contributed by atoms with Crippen molar-refractivity contribution in [2.75, 3.05) is 0 Å². The smallest absolute Gasteiger partial charge is 0.196 e. The van der Waals surface area contributed by atoms with Crippen LogP contribution in [0.3, 0.4) is 0 Å². The molecule has 5 rings (SSSR count). The maximum Gasteiger partial charge on any atom is 0.196 e. The predicted octanol–water partition coefficient (Wildman–Crippen LogP) is 3.64. The first-order valence-electron chi connectivity index (χ1n) is 9.14. The summed E-state index contributed by atoms with van der Waals surface area (Å²) in [5.41, 5.74) is 4.40. The molecule has 0 N–H and O–H groups in total. The standard InChI is InChI=1S/C20H19N7S/c1-3-26-13-21-17-6-5-16(10-18(17)26)28-20-24-23-19-7-4-14(8-9-27(19)20)15-11-22-25(2)12-15/h4-8,10-13H,3,9H2,1-2H3. The lowest BCUT2D eigenvalue weighted by Crippen LogP contribution is -1.99. The van der Waals surface area contributed by atoms with Gasteiger partial charge in [0.25, 0.3) is 0 Å². The second-order valence-corrected chi connectivity index (χ2v) is 7.67. The van der Waals surface area contributed by atoms with Gasteiger partial charge in [-0.25, -0.2) is 4.98 Å². The Morgan fingerprint density at radius 1 is 1.18 bits per heavy atom. The van der Waals surface area contributed by atoms with Crippen LogP contribution in [0.4, 0.5) is 0 Å². The maximum absolute atomic E-state index is 4.45. The van der Waals surface area contributed by atoms with Crippen LogP contribution in [0.25, 0.3) is 22.7 Å². The summed E-state index contributed by atoms with van der Waals surface area (Å²) >= 11 is 1.63. The van der Waals surface area contributed by atoms with Gasteiger partial charge in [0.2, 0.25) is 0 Å². The number of nitrogens with zero attached hydrogens (tertiary/aromatic N) is 7. The van der Waals surface area contributed by atoms with E-state index < -0.39 is 0 Å². The highest BCUT2D eigenvalue weighted by atomic mass is 32.2. The molecule has 0 bridgehead atoms. The molecule has 28 heavy (non-hydrogen) atoms. The molecule has 140 valence electrons. The normalized spacial score (nSPS) is 13.6. The Kier molecular flexibility index (Phi) is 4.12. The molecule has 0 atom stereocenters. The zero-order valence-corrected chi connectivity index (χ0v) is 16.5. The molecule has 1 aromatic carbocycles. The van der Waals surface area contributed by atoms with Crippen molar-refractivity contribution in [3.8, 4) is 0 Å². The van der Waals surface area contributed by atoms with Gasteiger partial charge in [-0.05, 0) is 48.5 Å². The fourth-order valence-corrected chi connectivity index (χ4v) is 4.21. The Morgan fingerprint density at radius 3 is 2.93 bits per heavy atom. The average molecular weight is 389 g/mol. The molecule has 8 heteroatoms. The molecule has 3 aromatic heterocycles. The van der Waals surface area contributed by atoms with Crippen LogP contribution in [-0.4, -0.2) is 34.1 Å². The highest BCUT2D eigenvalue weighted by molar-refractivity contribution is 7.99. The van der Waals surface area contributed by atoms with E-state index in [0.29, 0.717) is 0 Å². The van der Waals surface area contributed by atoms with E-state index in [9.17, 15) is 0 Å². The summed E-state index contributed by atoms with van der Waals surface area (Å²) in [5.74, 6) is 0.859. The first-order valence-corrected chi connectivity index (χ1v) is 9.96. The Labute approximate surface area is 166 Å². The number of rotatable bonds is 4. The van der Waals surface area contributed by atoms with Gasteiger partial charge in [-0.2, -0.15) is 5.10 Å². The van der Waals surface area contributed by atoms with Crippen molar-refractivity contribution < 1.29 is 0 Å². The molecule has 1 aliphatic rings. The summed E-state index contributed by atoms with van der Waals surface area (Å²) in [7, 11) is 1.93. The van der Waals surface area contributed by atoms with Gasteiger partial charge >= 0.3 is 0 Å². The highest BCUT2D eigenvalue weighted by Crippen LogP contribution is 2.31. The minimum absolute atomic E-state index is 0.719. The van der Waals surface area contributed by atoms with E-state index in [1.165, 1.54) is 0 Å². The maximum atomic E-state index is 4.45. The third-order valence-electron chi connectivity index (χ3n) is 4.83. The number of hydrogen-bond acceptors (Lipinski definition) is 5. The summed E-state index contributed by atoms with van der Waals surface area (Å²) in [6, 6.07) is 6.32. The van der Waals surface area contributed by atoms with Crippen LogP contribution in [0, 0.1) is 0 Å². The molecule has 0 amide bonds. The average Bonchev–Trinajstić information content (AvgIpc) is 3.37. The van der Waals surface area contributed by atoms with Gasteiger partial charge in [0.1, 0.15) is 0 Å². The Bertz CT molecular complexity index is 1220. The van der Waals surface area contributed by atoms with Crippen LogP contribution in [0.1, 0.15) is 18.3 Å². The van der Waals surface area contributed by atoms with Gasteiger partial charge in [0, 0.05) is 36.8 Å². The van der Waals surface area contributed by atoms with Crippen molar-refractivity contribution in [1.82, 2.24) is 34.1 Å². The van der Waals surface area contributed by atoms with Crippen molar-refractivity contribution in [2.24, 2.45) is 7.05 Å². The second kappa shape index (κ2) is 6.79.